The zero-order chi connectivity index (χ0) is 25.2. The van der Waals surface area contributed by atoms with Crippen LogP contribution in [-0.2, 0) is 6.42 Å². The van der Waals surface area contributed by atoms with Gasteiger partial charge in [-0.3, -0.25) is 9.59 Å². The number of fused-ring (bicyclic) bond motifs is 2. The molecule has 0 unspecified atom stereocenters. The Hall–Kier alpha value is -3.72. The first-order chi connectivity index (χ1) is 17.1. The number of nitrogens with zero attached hydrogens (tertiary/aromatic N) is 3. The van der Waals surface area contributed by atoms with Crippen molar-refractivity contribution in [3.63, 3.8) is 0 Å². The standard InChI is InChI=1S/C14H16N2O.C10H11N3O3.C2H6/c17-14-12-7-2-1-6-11(12)13(15-16-14)9-8-10-4-3-5-10;11-10(15)8-5-12-13-6-7(16-4-3-14)1-2-9(8)13;1-2/h1-2,6-7,10H,3-5,8-9H2,(H,16,17);1-2,5-6,14H,3-4H2,(H2,11,15);1-2H3. The number of aliphatic hydroxyl groups excluding tert-OH is 1. The summed E-state index contributed by atoms with van der Waals surface area (Å²) in [6.45, 7) is 4.17. The lowest BCUT2D eigenvalue weighted by molar-refractivity contribution is 0.100. The second kappa shape index (κ2) is 12.7. The molecule has 35 heavy (non-hydrogen) atoms. The summed E-state index contributed by atoms with van der Waals surface area (Å²) >= 11 is 0. The largest absolute Gasteiger partial charge is 0.490 e. The number of rotatable bonds is 7. The zero-order valence-electron chi connectivity index (χ0n) is 20.2. The highest BCUT2D eigenvalue weighted by molar-refractivity contribution is 5.99. The Kier molecular flexibility index (Phi) is 9.37. The van der Waals surface area contributed by atoms with Crippen LogP contribution in [0, 0.1) is 5.92 Å². The summed E-state index contributed by atoms with van der Waals surface area (Å²) in [5.74, 6) is 0.933. The third-order valence-electron chi connectivity index (χ3n) is 5.90. The Morgan fingerprint density at radius 2 is 1.94 bits per heavy atom. The van der Waals surface area contributed by atoms with Crippen molar-refractivity contribution in [3.05, 3.63) is 70.4 Å². The van der Waals surface area contributed by atoms with Crippen molar-refractivity contribution < 1.29 is 14.6 Å². The van der Waals surface area contributed by atoms with Crippen LogP contribution in [0.3, 0.4) is 0 Å². The number of ether oxygens (including phenoxy) is 1. The van der Waals surface area contributed by atoms with Gasteiger partial charge in [-0.1, -0.05) is 51.3 Å². The number of H-pyrrole nitrogens is 1. The number of pyridine rings is 1. The van der Waals surface area contributed by atoms with Crippen LogP contribution in [0.2, 0.25) is 0 Å². The molecule has 1 saturated carbocycles. The molecule has 1 amide bonds. The summed E-state index contributed by atoms with van der Waals surface area (Å²) in [6.07, 6.45) is 9.31. The van der Waals surface area contributed by atoms with Crippen LogP contribution in [0.4, 0.5) is 0 Å². The van der Waals surface area contributed by atoms with Crippen LogP contribution in [0.1, 0.15) is 55.6 Å². The maximum absolute atomic E-state index is 11.6. The Morgan fingerprint density at radius 3 is 2.60 bits per heavy atom. The van der Waals surface area contributed by atoms with Crippen LogP contribution >= 0.6 is 0 Å². The second-order valence-electron chi connectivity index (χ2n) is 8.07. The second-order valence-corrected chi connectivity index (χ2v) is 8.07. The molecular formula is C26H33N5O4. The van der Waals surface area contributed by atoms with Gasteiger partial charge in [0.25, 0.3) is 11.5 Å². The van der Waals surface area contributed by atoms with E-state index >= 15 is 0 Å². The molecule has 3 aromatic heterocycles. The molecule has 0 radical (unpaired) electrons. The van der Waals surface area contributed by atoms with E-state index in [2.05, 4.69) is 15.3 Å². The number of nitrogens with one attached hydrogen (secondary N) is 1. The molecule has 5 rings (SSSR count). The summed E-state index contributed by atoms with van der Waals surface area (Å²) in [5.41, 5.74) is 7.13. The molecule has 0 spiro atoms. The van der Waals surface area contributed by atoms with Gasteiger partial charge in [-0.05, 0) is 37.0 Å². The lowest BCUT2D eigenvalue weighted by Crippen LogP contribution is -2.14. The van der Waals surface area contributed by atoms with Gasteiger partial charge in [0.05, 0.1) is 41.2 Å². The van der Waals surface area contributed by atoms with Crippen molar-refractivity contribution in [1.82, 2.24) is 19.8 Å². The molecule has 0 saturated heterocycles. The molecule has 9 nitrogen and oxygen atoms in total. The normalized spacial score (nSPS) is 12.8. The molecule has 4 aromatic rings. The van der Waals surface area contributed by atoms with Crippen LogP contribution in [0.15, 0.2) is 53.6 Å². The fourth-order valence-electron chi connectivity index (χ4n) is 3.89. The summed E-state index contributed by atoms with van der Waals surface area (Å²) in [4.78, 5) is 22.7. The summed E-state index contributed by atoms with van der Waals surface area (Å²) in [6, 6.07) is 11.1. The fraction of sp³-hybridized carbons (Fsp3) is 0.385. The lowest BCUT2D eigenvalue weighted by Gasteiger charge is -2.24. The number of amides is 1. The minimum atomic E-state index is -0.515. The van der Waals surface area contributed by atoms with Crippen molar-refractivity contribution in [2.24, 2.45) is 11.7 Å². The number of aromatic nitrogens is 4. The van der Waals surface area contributed by atoms with Gasteiger partial charge >= 0.3 is 0 Å². The smallest absolute Gasteiger partial charge is 0.272 e. The number of hydrogen-bond acceptors (Lipinski definition) is 6. The maximum atomic E-state index is 11.6. The van der Waals surface area contributed by atoms with Crippen molar-refractivity contribution in [2.45, 2.75) is 46.0 Å². The number of aryl methyl sites for hydroxylation is 1. The number of primary amides is 1. The molecule has 4 N–H and O–H groups in total. The van der Waals surface area contributed by atoms with E-state index in [-0.39, 0.29) is 18.8 Å². The van der Waals surface area contributed by atoms with E-state index in [1.807, 2.05) is 38.1 Å². The van der Waals surface area contributed by atoms with Crippen molar-refractivity contribution in [2.75, 3.05) is 13.2 Å². The molecule has 9 heteroatoms. The number of aliphatic hydroxyl groups is 1. The van der Waals surface area contributed by atoms with Crippen LogP contribution in [0.5, 0.6) is 5.75 Å². The average Bonchev–Trinajstić information content (AvgIpc) is 3.29. The topological polar surface area (TPSA) is 136 Å². The number of benzene rings is 1. The average molecular weight is 480 g/mol. The molecule has 0 atom stereocenters. The van der Waals surface area contributed by atoms with Gasteiger partial charge in [-0.15, -0.1) is 0 Å². The van der Waals surface area contributed by atoms with Gasteiger partial charge in [-0.25, -0.2) is 9.61 Å². The molecule has 1 aromatic carbocycles. The number of hydrogen-bond donors (Lipinski definition) is 3. The van der Waals surface area contributed by atoms with Crippen molar-refractivity contribution in [1.29, 1.82) is 0 Å². The Bertz CT molecular complexity index is 1310. The number of nitrogens with two attached hydrogens (primary N) is 1. The van der Waals surface area contributed by atoms with Crippen LogP contribution in [0.25, 0.3) is 16.3 Å². The number of carbonyl (C=O) groups is 1. The van der Waals surface area contributed by atoms with E-state index in [9.17, 15) is 9.59 Å². The molecule has 1 fully saturated rings. The zero-order valence-corrected chi connectivity index (χ0v) is 20.2. The first-order valence-corrected chi connectivity index (χ1v) is 12.0. The molecular weight excluding hydrogens is 446 g/mol. The maximum Gasteiger partial charge on any atom is 0.272 e. The molecule has 3 heterocycles. The Morgan fingerprint density at radius 1 is 1.20 bits per heavy atom. The Balaban J connectivity index is 0.000000183. The highest BCUT2D eigenvalue weighted by Crippen LogP contribution is 2.30. The van der Waals surface area contributed by atoms with Gasteiger partial charge < -0.3 is 15.6 Å². The van der Waals surface area contributed by atoms with Crippen molar-refractivity contribution in [3.8, 4) is 5.75 Å². The molecule has 1 aliphatic carbocycles. The first-order valence-electron chi connectivity index (χ1n) is 12.0. The van der Waals surface area contributed by atoms with Gasteiger partial charge in [0.1, 0.15) is 12.4 Å². The predicted molar refractivity (Wildman–Crippen MR) is 136 cm³/mol. The highest BCUT2D eigenvalue weighted by atomic mass is 16.5. The predicted octanol–water partition coefficient (Wildman–Crippen LogP) is 3.49. The van der Waals surface area contributed by atoms with Gasteiger partial charge in [0.2, 0.25) is 0 Å². The van der Waals surface area contributed by atoms with E-state index in [0.717, 1.165) is 28.8 Å². The minimum absolute atomic E-state index is 0.0519. The Labute approximate surface area is 203 Å². The minimum Gasteiger partial charge on any atom is -0.490 e. The van der Waals surface area contributed by atoms with Gasteiger partial charge in [0, 0.05) is 5.39 Å². The van der Waals surface area contributed by atoms with E-state index in [1.165, 1.54) is 36.4 Å². The fourth-order valence-corrected chi connectivity index (χ4v) is 3.89. The van der Waals surface area contributed by atoms with Crippen molar-refractivity contribution >= 4 is 22.2 Å². The summed E-state index contributed by atoms with van der Waals surface area (Å²) in [5, 5.41) is 21.2. The quantitative estimate of drug-likeness (QED) is 0.371. The van der Waals surface area contributed by atoms with Crippen LogP contribution in [-0.4, -0.2) is 44.0 Å². The van der Waals surface area contributed by atoms with Gasteiger partial charge in [0.15, 0.2) is 0 Å². The molecule has 1 aliphatic rings. The first kappa shape index (κ1) is 25.9. The highest BCUT2D eigenvalue weighted by Gasteiger charge is 2.18. The van der Waals surface area contributed by atoms with E-state index in [4.69, 9.17) is 15.6 Å². The molecule has 186 valence electrons. The molecule has 0 bridgehead atoms. The van der Waals surface area contributed by atoms with E-state index in [0.29, 0.717) is 16.8 Å². The third kappa shape index (κ3) is 6.45. The summed E-state index contributed by atoms with van der Waals surface area (Å²) < 4.78 is 6.71. The number of aromatic amines is 1. The summed E-state index contributed by atoms with van der Waals surface area (Å²) in [7, 11) is 0. The third-order valence-corrected chi connectivity index (χ3v) is 5.90. The van der Waals surface area contributed by atoms with E-state index in [1.54, 1.807) is 18.3 Å². The lowest BCUT2D eigenvalue weighted by atomic mass is 9.81. The number of carbonyl (C=O) groups excluding carboxylic acids is 1. The SMILES string of the molecule is CC.NC(=O)c1cnn2cc(OCCO)ccc12.O=c1[nH]nc(CCC2CCC2)c2ccccc12. The van der Waals surface area contributed by atoms with E-state index < -0.39 is 5.91 Å². The molecule has 0 aliphatic heterocycles. The monoisotopic (exact) mass is 479 g/mol. The van der Waals surface area contributed by atoms with Gasteiger partial charge in [-0.2, -0.15) is 10.2 Å². The van der Waals surface area contributed by atoms with Crippen LogP contribution < -0.4 is 16.0 Å².